The number of pyridine rings is 1. The molecule has 2 aromatic carbocycles. The van der Waals surface area contributed by atoms with Gasteiger partial charge in [-0.25, -0.2) is 0 Å². The van der Waals surface area contributed by atoms with Gasteiger partial charge in [0.2, 0.25) is 17.8 Å². The lowest BCUT2D eigenvalue weighted by Crippen LogP contribution is -2.38. The van der Waals surface area contributed by atoms with Gasteiger partial charge in [0, 0.05) is 23.1 Å². The molecule has 0 saturated carbocycles. The minimum absolute atomic E-state index is 0. The molecule has 0 unspecified atom stereocenters. The molecule has 23 heavy (non-hydrogen) atoms. The van der Waals surface area contributed by atoms with Gasteiger partial charge in [-0.1, -0.05) is 12.1 Å². The molecule has 1 aromatic heterocycles. The Morgan fingerprint density at radius 2 is 1.78 bits per heavy atom. The average Bonchev–Trinajstić information content (AvgIpc) is 2.57. The zero-order valence-corrected chi connectivity index (χ0v) is 14.4. The van der Waals surface area contributed by atoms with E-state index in [1.54, 1.807) is 24.3 Å². The predicted octanol–water partition coefficient (Wildman–Crippen LogP) is 3.77. The summed E-state index contributed by atoms with van der Waals surface area (Å²) in [6.45, 7) is 2.35. The van der Waals surface area contributed by atoms with Crippen molar-refractivity contribution in [3.05, 3.63) is 77.5 Å². The summed E-state index contributed by atoms with van der Waals surface area (Å²) in [5.41, 5.74) is 3.42. The first kappa shape index (κ1) is 16.9. The molecule has 4 heteroatoms. The maximum Gasteiger partial charge on any atom is 0.227 e. The number of nitrogens with zero attached hydrogens (tertiary/aromatic N) is 2. The molecular formula is C19H16BrN2O+. The van der Waals surface area contributed by atoms with Crippen molar-refractivity contribution in [3.63, 3.8) is 0 Å². The van der Waals surface area contributed by atoms with Crippen LogP contribution < -0.4 is 4.57 Å². The van der Waals surface area contributed by atoms with Crippen LogP contribution in [0.15, 0.2) is 60.8 Å². The third-order valence-electron chi connectivity index (χ3n) is 3.79. The van der Waals surface area contributed by atoms with Gasteiger partial charge in [-0.3, -0.25) is 4.79 Å². The lowest BCUT2D eigenvalue weighted by molar-refractivity contribution is -0.657. The number of nitriles is 1. The van der Waals surface area contributed by atoms with Crippen LogP contribution in [-0.4, -0.2) is 5.78 Å². The van der Waals surface area contributed by atoms with Gasteiger partial charge in [-0.2, -0.15) is 9.83 Å². The number of Topliss-reactive ketones (excluding diaryl/α,β-unsaturated/α-hetero) is 1. The Kier molecular flexibility index (Phi) is 5.25. The lowest BCUT2D eigenvalue weighted by atomic mass is 10.1. The molecule has 1 heterocycles. The first-order valence-corrected chi connectivity index (χ1v) is 7.10. The molecule has 3 rings (SSSR count). The van der Waals surface area contributed by atoms with E-state index in [-0.39, 0.29) is 29.3 Å². The summed E-state index contributed by atoms with van der Waals surface area (Å²) in [5, 5.41) is 9.96. The first-order chi connectivity index (χ1) is 10.7. The molecule has 0 aliphatic carbocycles. The number of aryl methyl sites for hydroxylation is 1. The molecule has 0 radical (unpaired) electrons. The minimum atomic E-state index is 0. The number of carbonyl (C=O) groups excluding carboxylic acids is 1. The van der Waals surface area contributed by atoms with Crippen molar-refractivity contribution >= 4 is 33.7 Å². The van der Waals surface area contributed by atoms with E-state index in [0.717, 1.165) is 10.9 Å². The van der Waals surface area contributed by atoms with Crippen molar-refractivity contribution in [2.45, 2.75) is 13.5 Å². The van der Waals surface area contributed by atoms with E-state index in [1.807, 2.05) is 35.0 Å². The first-order valence-electron chi connectivity index (χ1n) is 7.10. The molecule has 3 nitrogen and oxygen atoms in total. The molecule has 0 N–H and O–H groups in total. The molecule has 0 spiro atoms. The van der Waals surface area contributed by atoms with E-state index in [1.165, 1.54) is 5.56 Å². The van der Waals surface area contributed by atoms with Crippen molar-refractivity contribution in [1.29, 1.82) is 5.26 Å². The summed E-state index contributed by atoms with van der Waals surface area (Å²) >= 11 is 0. The number of rotatable bonds is 3. The molecule has 0 aliphatic heterocycles. The second-order valence-electron chi connectivity index (χ2n) is 5.26. The summed E-state index contributed by atoms with van der Waals surface area (Å²) < 4.78 is 1.96. The predicted molar refractivity (Wildman–Crippen MR) is 94.7 cm³/mol. The lowest BCUT2D eigenvalue weighted by Gasteiger charge is -2.04. The Balaban J connectivity index is 0.00000192. The normalized spacial score (nSPS) is 9.91. The van der Waals surface area contributed by atoms with Crippen molar-refractivity contribution in [3.8, 4) is 6.07 Å². The van der Waals surface area contributed by atoms with Crippen LogP contribution >= 0.6 is 17.0 Å². The van der Waals surface area contributed by atoms with Gasteiger partial charge >= 0.3 is 0 Å². The molecule has 114 valence electrons. The number of halogens is 1. The van der Waals surface area contributed by atoms with Crippen molar-refractivity contribution < 1.29 is 9.36 Å². The zero-order chi connectivity index (χ0) is 15.5. The Hall–Kier alpha value is -2.51. The third kappa shape index (κ3) is 3.46. The molecular weight excluding hydrogens is 352 g/mol. The maximum atomic E-state index is 12.4. The average molecular weight is 368 g/mol. The fraction of sp³-hybridized carbons (Fsp3) is 0.105. The van der Waals surface area contributed by atoms with Crippen molar-refractivity contribution in [2.24, 2.45) is 0 Å². The Morgan fingerprint density at radius 1 is 1.09 bits per heavy atom. The Morgan fingerprint density at radius 3 is 2.48 bits per heavy atom. The van der Waals surface area contributed by atoms with E-state index in [9.17, 15) is 4.79 Å². The van der Waals surface area contributed by atoms with Crippen molar-refractivity contribution in [1.82, 2.24) is 0 Å². The molecule has 0 amide bonds. The van der Waals surface area contributed by atoms with E-state index >= 15 is 0 Å². The largest absolute Gasteiger partial charge is 0.287 e. The monoisotopic (exact) mass is 367 g/mol. The summed E-state index contributed by atoms with van der Waals surface area (Å²) in [6, 6.07) is 18.9. The van der Waals surface area contributed by atoms with Gasteiger partial charge < -0.3 is 0 Å². The van der Waals surface area contributed by atoms with Crippen LogP contribution in [0.1, 0.15) is 21.5 Å². The molecule has 0 aliphatic rings. The minimum Gasteiger partial charge on any atom is -0.287 e. The number of hydrogen-bond acceptors (Lipinski definition) is 2. The van der Waals surface area contributed by atoms with Crippen LogP contribution in [0.25, 0.3) is 10.9 Å². The second kappa shape index (κ2) is 7.17. The summed E-state index contributed by atoms with van der Waals surface area (Å²) in [6.07, 6.45) is 1.94. The standard InChI is InChI=1S/C19H15N2O.BrH/c1-14-10-11-21(18-5-3-2-4-17(14)18)13-19(22)16-8-6-15(12-20)7-9-16;/h2-11H,13H2,1H3;1H/q+1;. The van der Waals surface area contributed by atoms with Crippen LogP contribution in [0.4, 0.5) is 0 Å². The third-order valence-corrected chi connectivity index (χ3v) is 3.79. The zero-order valence-electron chi connectivity index (χ0n) is 12.7. The highest BCUT2D eigenvalue weighted by atomic mass is 79.9. The SMILES string of the molecule is Br.Cc1cc[n+](CC(=O)c2ccc(C#N)cc2)c2ccccc12. The van der Waals surface area contributed by atoms with Gasteiger partial charge in [-0.05, 0) is 42.8 Å². The number of hydrogen-bond donors (Lipinski definition) is 0. The number of fused-ring (bicyclic) bond motifs is 1. The van der Waals surface area contributed by atoms with Gasteiger partial charge in [0.1, 0.15) is 0 Å². The number of benzene rings is 2. The summed E-state index contributed by atoms with van der Waals surface area (Å²) in [4.78, 5) is 12.4. The quantitative estimate of drug-likeness (QED) is 0.522. The van der Waals surface area contributed by atoms with Crippen molar-refractivity contribution in [2.75, 3.05) is 0 Å². The van der Waals surface area contributed by atoms with E-state index in [4.69, 9.17) is 5.26 Å². The molecule has 3 aromatic rings. The fourth-order valence-electron chi connectivity index (χ4n) is 2.54. The molecule has 0 bridgehead atoms. The van der Waals surface area contributed by atoms with Crippen LogP contribution in [0.5, 0.6) is 0 Å². The van der Waals surface area contributed by atoms with Gasteiger partial charge in [0.25, 0.3) is 0 Å². The highest BCUT2D eigenvalue weighted by molar-refractivity contribution is 8.93. The van der Waals surface area contributed by atoms with Crippen LogP contribution in [-0.2, 0) is 6.54 Å². The number of carbonyl (C=O) groups is 1. The van der Waals surface area contributed by atoms with E-state index in [0.29, 0.717) is 11.1 Å². The molecule has 0 saturated heterocycles. The van der Waals surface area contributed by atoms with Gasteiger partial charge in [0.05, 0.1) is 11.6 Å². The van der Waals surface area contributed by atoms with Gasteiger partial charge in [-0.15, -0.1) is 17.0 Å². The number of aromatic nitrogens is 1. The Labute approximate surface area is 145 Å². The van der Waals surface area contributed by atoms with Crippen LogP contribution in [0.2, 0.25) is 0 Å². The van der Waals surface area contributed by atoms with Gasteiger partial charge in [0.15, 0.2) is 6.20 Å². The summed E-state index contributed by atoms with van der Waals surface area (Å²) in [5.74, 6) is 0.0310. The summed E-state index contributed by atoms with van der Waals surface area (Å²) in [7, 11) is 0. The fourth-order valence-corrected chi connectivity index (χ4v) is 2.54. The van der Waals surface area contributed by atoms with E-state index in [2.05, 4.69) is 19.1 Å². The van der Waals surface area contributed by atoms with Crippen LogP contribution in [0, 0.1) is 18.3 Å². The maximum absolute atomic E-state index is 12.4. The highest BCUT2D eigenvalue weighted by Crippen LogP contribution is 2.14. The second-order valence-corrected chi connectivity index (χ2v) is 5.26. The Bertz CT molecular complexity index is 895. The molecule has 0 fully saturated rings. The number of para-hydroxylation sites is 1. The smallest absolute Gasteiger partial charge is 0.227 e. The topological polar surface area (TPSA) is 44.7 Å². The molecule has 0 atom stereocenters. The number of ketones is 1. The van der Waals surface area contributed by atoms with E-state index < -0.39 is 0 Å². The van der Waals surface area contributed by atoms with Crippen LogP contribution in [0.3, 0.4) is 0 Å². The highest BCUT2D eigenvalue weighted by Gasteiger charge is 2.16.